The number of hydrogen-bond acceptors (Lipinski definition) is 4. The molecule has 0 heterocycles. The third-order valence-corrected chi connectivity index (χ3v) is 4.33. The van der Waals surface area contributed by atoms with E-state index in [2.05, 4.69) is 17.1 Å². The number of esters is 1. The average molecular weight is 256 g/mol. The van der Waals surface area contributed by atoms with Crippen LogP contribution in [0.4, 0.5) is 0 Å². The second kappa shape index (κ2) is 7.10. The van der Waals surface area contributed by atoms with E-state index in [0.717, 1.165) is 19.5 Å². The van der Waals surface area contributed by atoms with Crippen LogP contribution >= 0.6 is 0 Å². The van der Waals surface area contributed by atoms with Crippen LogP contribution in [0.2, 0.25) is 0 Å². The Balaban J connectivity index is 2.51. The predicted octanol–water partition coefficient (Wildman–Crippen LogP) is 1.79. The fraction of sp³-hybridized carbons (Fsp3) is 0.929. The first-order valence-electron chi connectivity index (χ1n) is 7.08. The van der Waals surface area contributed by atoms with Crippen molar-refractivity contribution in [3.63, 3.8) is 0 Å². The maximum atomic E-state index is 11.8. The van der Waals surface area contributed by atoms with Crippen molar-refractivity contribution in [2.24, 2.45) is 0 Å². The molecule has 0 bridgehead atoms. The molecule has 0 aromatic carbocycles. The lowest BCUT2D eigenvalue weighted by atomic mass is 9.97. The average Bonchev–Trinajstić information content (AvgIpc) is 2.92. The number of methoxy groups -OCH3 is 1. The number of nitrogens with one attached hydrogen (secondary N) is 1. The van der Waals surface area contributed by atoms with Crippen molar-refractivity contribution >= 4 is 5.97 Å². The van der Waals surface area contributed by atoms with Crippen LogP contribution in [0.5, 0.6) is 0 Å². The first-order valence-corrected chi connectivity index (χ1v) is 7.08. The van der Waals surface area contributed by atoms with Crippen molar-refractivity contribution < 1.29 is 9.53 Å². The standard InChI is InChI=1S/C14H28N2O2/c1-5-16(12-8-6-7-9-12)11-10-14(2,15-3)13(17)18-4/h12,15H,5-11H2,1-4H3. The fourth-order valence-electron chi connectivity index (χ4n) is 2.79. The predicted molar refractivity (Wildman–Crippen MR) is 73.6 cm³/mol. The lowest BCUT2D eigenvalue weighted by Gasteiger charge is -2.32. The van der Waals surface area contributed by atoms with Gasteiger partial charge in [-0.2, -0.15) is 0 Å². The zero-order valence-electron chi connectivity index (χ0n) is 12.3. The van der Waals surface area contributed by atoms with Gasteiger partial charge in [-0.15, -0.1) is 0 Å². The minimum atomic E-state index is -0.569. The van der Waals surface area contributed by atoms with E-state index in [1.54, 1.807) is 0 Å². The van der Waals surface area contributed by atoms with Gasteiger partial charge in [-0.05, 0) is 39.8 Å². The molecule has 1 N–H and O–H groups in total. The normalized spacial score (nSPS) is 20.1. The minimum absolute atomic E-state index is 0.174. The maximum Gasteiger partial charge on any atom is 0.325 e. The molecule has 0 aromatic heterocycles. The van der Waals surface area contributed by atoms with E-state index < -0.39 is 5.54 Å². The van der Waals surface area contributed by atoms with E-state index in [0.29, 0.717) is 6.04 Å². The van der Waals surface area contributed by atoms with Gasteiger partial charge in [0, 0.05) is 12.6 Å². The van der Waals surface area contributed by atoms with E-state index in [1.165, 1.54) is 32.8 Å². The summed E-state index contributed by atoms with van der Waals surface area (Å²) in [6, 6.07) is 0.716. The second-order valence-electron chi connectivity index (χ2n) is 5.39. The lowest BCUT2D eigenvalue weighted by Crippen LogP contribution is -2.51. The Hall–Kier alpha value is -0.610. The highest BCUT2D eigenvalue weighted by Crippen LogP contribution is 2.24. The first kappa shape index (κ1) is 15.4. The molecule has 106 valence electrons. The van der Waals surface area contributed by atoms with Crippen molar-refractivity contribution in [3.05, 3.63) is 0 Å². The summed E-state index contributed by atoms with van der Waals surface area (Å²) < 4.78 is 4.88. The zero-order valence-corrected chi connectivity index (χ0v) is 12.3. The quantitative estimate of drug-likeness (QED) is 0.705. The minimum Gasteiger partial charge on any atom is -0.468 e. The number of ether oxygens (including phenoxy) is 1. The second-order valence-corrected chi connectivity index (χ2v) is 5.39. The number of rotatable bonds is 7. The molecule has 0 aromatic rings. The highest BCUT2D eigenvalue weighted by atomic mass is 16.5. The number of likely N-dealkylation sites (N-methyl/N-ethyl adjacent to an activating group) is 1. The van der Waals surface area contributed by atoms with Crippen molar-refractivity contribution in [1.82, 2.24) is 10.2 Å². The van der Waals surface area contributed by atoms with Gasteiger partial charge < -0.3 is 15.0 Å². The van der Waals surface area contributed by atoms with Crippen molar-refractivity contribution in [2.75, 3.05) is 27.2 Å². The third-order valence-electron chi connectivity index (χ3n) is 4.33. The van der Waals surface area contributed by atoms with E-state index in [-0.39, 0.29) is 5.97 Å². The Kier molecular flexibility index (Phi) is 6.09. The fourth-order valence-corrected chi connectivity index (χ4v) is 2.79. The van der Waals surface area contributed by atoms with Gasteiger partial charge >= 0.3 is 5.97 Å². The topological polar surface area (TPSA) is 41.6 Å². The monoisotopic (exact) mass is 256 g/mol. The van der Waals surface area contributed by atoms with Crippen molar-refractivity contribution in [3.8, 4) is 0 Å². The smallest absolute Gasteiger partial charge is 0.325 e. The van der Waals surface area contributed by atoms with E-state index in [9.17, 15) is 4.79 Å². The molecule has 18 heavy (non-hydrogen) atoms. The Morgan fingerprint density at radius 1 is 1.44 bits per heavy atom. The molecule has 1 aliphatic carbocycles. The summed E-state index contributed by atoms with van der Waals surface area (Å²) in [4.78, 5) is 14.3. The van der Waals surface area contributed by atoms with Crippen LogP contribution in [0.3, 0.4) is 0 Å². The highest BCUT2D eigenvalue weighted by Gasteiger charge is 2.33. The maximum absolute atomic E-state index is 11.8. The van der Waals surface area contributed by atoms with Gasteiger partial charge in [0.25, 0.3) is 0 Å². The molecule has 0 saturated heterocycles. The molecule has 4 heteroatoms. The number of carbonyl (C=O) groups excluding carboxylic acids is 1. The molecule has 4 nitrogen and oxygen atoms in total. The molecule has 1 atom stereocenters. The SMILES string of the molecule is CCN(CCC(C)(NC)C(=O)OC)C1CCCC1. The lowest BCUT2D eigenvalue weighted by molar-refractivity contribution is -0.148. The molecule has 0 radical (unpaired) electrons. The molecule has 1 unspecified atom stereocenters. The zero-order chi connectivity index (χ0) is 13.6. The van der Waals surface area contributed by atoms with Crippen LogP contribution in [0.15, 0.2) is 0 Å². The van der Waals surface area contributed by atoms with Crippen LogP contribution in [-0.4, -0.2) is 49.7 Å². The number of hydrogen-bond donors (Lipinski definition) is 1. The Morgan fingerprint density at radius 3 is 2.50 bits per heavy atom. The summed E-state index contributed by atoms with van der Waals surface area (Å²) in [6.07, 6.45) is 6.11. The number of nitrogens with zero attached hydrogens (tertiary/aromatic N) is 1. The van der Waals surface area contributed by atoms with Crippen LogP contribution in [-0.2, 0) is 9.53 Å². The van der Waals surface area contributed by atoms with Gasteiger partial charge in [0.15, 0.2) is 0 Å². The molecular formula is C14H28N2O2. The first-order chi connectivity index (χ1) is 8.57. The summed E-state index contributed by atoms with van der Waals surface area (Å²) in [5.41, 5.74) is -0.569. The summed E-state index contributed by atoms with van der Waals surface area (Å²) in [6.45, 7) is 6.13. The Labute approximate surface area is 111 Å². The van der Waals surface area contributed by atoms with Crippen molar-refractivity contribution in [2.45, 2.75) is 57.5 Å². The largest absolute Gasteiger partial charge is 0.468 e. The summed E-state index contributed by atoms with van der Waals surface area (Å²) in [7, 11) is 3.27. The van der Waals surface area contributed by atoms with E-state index >= 15 is 0 Å². The molecule has 0 spiro atoms. The van der Waals surface area contributed by atoms with Gasteiger partial charge in [-0.25, -0.2) is 0 Å². The van der Waals surface area contributed by atoms with Crippen LogP contribution in [0.25, 0.3) is 0 Å². The molecule has 0 amide bonds. The highest BCUT2D eigenvalue weighted by molar-refractivity contribution is 5.80. The molecule has 0 aliphatic heterocycles. The Morgan fingerprint density at radius 2 is 2.06 bits per heavy atom. The van der Waals surface area contributed by atoms with Crippen LogP contribution in [0, 0.1) is 0 Å². The number of carbonyl (C=O) groups is 1. The molecule has 1 rings (SSSR count). The molecule has 1 saturated carbocycles. The summed E-state index contributed by atoms with van der Waals surface area (Å²) in [5.74, 6) is -0.174. The van der Waals surface area contributed by atoms with Gasteiger partial charge in [-0.1, -0.05) is 19.8 Å². The van der Waals surface area contributed by atoms with Crippen LogP contribution in [0.1, 0.15) is 46.0 Å². The van der Waals surface area contributed by atoms with Gasteiger partial charge in [0.2, 0.25) is 0 Å². The van der Waals surface area contributed by atoms with Gasteiger partial charge in [0.05, 0.1) is 7.11 Å². The third kappa shape index (κ3) is 3.69. The molecule has 1 fully saturated rings. The summed E-state index contributed by atoms with van der Waals surface area (Å²) in [5, 5.41) is 3.10. The van der Waals surface area contributed by atoms with E-state index in [4.69, 9.17) is 4.74 Å². The van der Waals surface area contributed by atoms with Crippen LogP contribution < -0.4 is 5.32 Å². The summed E-state index contributed by atoms with van der Waals surface area (Å²) >= 11 is 0. The Bertz CT molecular complexity index is 265. The van der Waals surface area contributed by atoms with Gasteiger partial charge in [-0.3, -0.25) is 4.79 Å². The van der Waals surface area contributed by atoms with Gasteiger partial charge in [0.1, 0.15) is 5.54 Å². The molecule has 1 aliphatic rings. The van der Waals surface area contributed by atoms with Crippen molar-refractivity contribution in [1.29, 1.82) is 0 Å². The van der Waals surface area contributed by atoms with E-state index in [1.807, 2.05) is 14.0 Å². The molecular weight excluding hydrogens is 228 g/mol.